The van der Waals surface area contributed by atoms with Gasteiger partial charge < -0.3 is 16.5 Å². The highest BCUT2D eigenvalue weighted by atomic mass is 16.6. The second kappa shape index (κ2) is 3.23. The number of nitrogen functional groups attached to an aromatic ring is 1. The maximum Gasteiger partial charge on any atom is 0.271 e. The summed E-state index contributed by atoms with van der Waals surface area (Å²) in [7, 11) is 0. The third-order valence-corrected chi connectivity index (χ3v) is 2.27. The molecule has 16 heavy (non-hydrogen) atoms. The van der Waals surface area contributed by atoms with Gasteiger partial charge in [0, 0.05) is 17.5 Å². The molecule has 0 spiro atoms. The summed E-state index contributed by atoms with van der Waals surface area (Å²) in [5.41, 5.74) is 11.2. The van der Waals surface area contributed by atoms with Gasteiger partial charge in [0.1, 0.15) is 5.82 Å². The number of rotatable bonds is 2. The minimum atomic E-state index is -0.669. The first-order valence-corrected chi connectivity index (χ1v) is 4.36. The highest BCUT2D eigenvalue weighted by Crippen LogP contribution is 2.27. The molecule has 2 aromatic rings. The number of nitro benzene ring substituents is 1. The van der Waals surface area contributed by atoms with Crippen LogP contribution in [0.15, 0.2) is 18.2 Å². The number of carbonyl (C=O) groups is 1. The maximum atomic E-state index is 11.1. The van der Waals surface area contributed by atoms with E-state index in [1.165, 1.54) is 18.2 Å². The Bertz CT molecular complexity index is 602. The van der Waals surface area contributed by atoms with Crippen LogP contribution in [0.25, 0.3) is 10.9 Å². The van der Waals surface area contributed by atoms with Gasteiger partial charge >= 0.3 is 0 Å². The summed E-state index contributed by atoms with van der Waals surface area (Å²) in [6.45, 7) is 0. The number of nitrogens with two attached hydrogens (primary N) is 2. The van der Waals surface area contributed by atoms with Gasteiger partial charge in [-0.2, -0.15) is 0 Å². The van der Waals surface area contributed by atoms with Crippen molar-refractivity contribution >= 4 is 28.3 Å². The first-order chi connectivity index (χ1) is 7.50. The molecule has 0 saturated carbocycles. The molecule has 1 heterocycles. The van der Waals surface area contributed by atoms with Crippen LogP contribution in [0, 0.1) is 10.1 Å². The lowest BCUT2D eigenvalue weighted by atomic mass is 10.1. The maximum absolute atomic E-state index is 11.1. The fourth-order valence-corrected chi connectivity index (χ4v) is 1.59. The molecular weight excluding hydrogens is 212 g/mol. The molecule has 0 aliphatic carbocycles. The molecule has 0 aliphatic rings. The molecule has 82 valence electrons. The molecule has 7 nitrogen and oxygen atoms in total. The van der Waals surface area contributed by atoms with Gasteiger partial charge in [-0.3, -0.25) is 14.9 Å². The van der Waals surface area contributed by atoms with E-state index in [2.05, 4.69) is 4.98 Å². The van der Waals surface area contributed by atoms with Crippen LogP contribution in [0.3, 0.4) is 0 Å². The summed E-state index contributed by atoms with van der Waals surface area (Å²) in [4.78, 5) is 23.8. The average molecular weight is 220 g/mol. The van der Waals surface area contributed by atoms with Gasteiger partial charge in [-0.25, -0.2) is 0 Å². The van der Waals surface area contributed by atoms with Crippen molar-refractivity contribution in [3.63, 3.8) is 0 Å². The number of benzene rings is 1. The third kappa shape index (κ3) is 1.34. The Morgan fingerprint density at radius 2 is 2.12 bits per heavy atom. The van der Waals surface area contributed by atoms with E-state index < -0.39 is 10.8 Å². The van der Waals surface area contributed by atoms with Crippen molar-refractivity contribution < 1.29 is 9.72 Å². The number of hydrogen-bond donors (Lipinski definition) is 3. The van der Waals surface area contributed by atoms with Crippen molar-refractivity contribution in [1.29, 1.82) is 0 Å². The molecule has 1 amide bonds. The van der Waals surface area contributed by atoms with E-state index in [4.69, 9.17) is 11.5 Å². The summed E-state index contributed by atoms with van der Waals surface area (Å²) in [6, 6.07) is 4.04. The Kier molecular flexibility index (Phi) is 2.01. The molecule has 0 atom stereocenters. The molecule has 0 bridgehead atoms. The number of nitro groups is 1. The van der Waals surface area contributed by atoms with E-state index in [-0.39, 0.29) is 17.1 Å². The number of fused-ring (bicyclic) bond motifs is 1. The van der Waals surface area contributed by atoms with Gasteiger partial charge in [-0.05, 0) is 6.07 Å². The zero-order valence-electron chi connectivity index (χ0n) is 8.06. The monoisotopic (exact) mass is 220 g/mol. The highest BCUT2D eigenvalue weighted by molar-refractivity contribution is 6.10. The number of anilines is 1. The first-order valence-electron chi connectivity index (χ1n) is 4.36. The van der Waals surface area contributed by atoms with E-state index >= 15 is 0 Å². The summed E-state index contributed by atoms with van der Waals surface area (Å²) < 4.78 is 0. The second-order valence-corrected chi connectivity index (χ2v) is 3.26. The van der Waals surface area contributed by atoms with E-state index in [0.29, 0.717) is 10.9 Å². The lowest BCUT2D eigenvalue weighted by molar-refractivity contribution is -0.384. The molecule has 0 saturated heterocycles. The zero-order valence-corrected chi connectivity index (χ0v) is 8.06. The van der Waals surface area contributed by atoms with Crippen LogP contribution in [-0.2, 0) is 0 Å². The van der Waals surface area contributed by atoms with Crippen molar-refractivity contribution in [2.45, 2.75) is 0 Å². The largest absolute Gasteiger partial charge is 0.385 e. The smallest absolute Gasteiger partial charge is 0.271 e. The Labute approximate surface area is 89.2 Å². The Balaban J connectivity index is 2.75. The predicted octanol–water partition coefficient (Wildman–Crippen LogP) is 0.757. The third-order valence-electron chi connectivity index (χ3n) is 2.27. The van der Waals surface area contributed by atoms with Crippen LogP contribution in [0.1, 0.15) is 10.4 Å². The fraction of sp³-hybridized carbons (Fsp3) is 0. The second-order valence-electron chi connectivity index (χ2n) is 3.26. The molecule has 5 N–H and O–H groups in total. The Morgan fingerprint density at radius 3 is 2.69 bits per heavy atom. The quantitative estimate of drug-likeness (QED) is 0.509. The Hall–Kier alpha value is -2.57. The van der Waals surface area contributed by atoms with Gasteiger partial charge in [0.25, 0.3) is 11.6 Å². The van der Waals surface area contributed by atoms with Crippen molar-refractivity contribution in [1.82, 2.24) is 4.98 Å². The average Bonchev–Trinajstić information content (AvgIpc) is 2.51. The molecule has 0 aliphatic heterocycles. The van der Waals surface area contributed by atoms with Gasteiger partial charge in [-0.15, -0.1) is 0 Å². The van der Waals surface area contributed by atoms with E-state index in [9.17, 15) is 14.9 Å². The number of aromatic amines is 1. The summed E-state index contributed by atoms with van der Waals surface area (Å²) in [6.07, 6.45) is 0. The molecule has 2 rings (SSSR count). The summed E-state index contributed by atoms with van der Waals surface area (Å²) in [5.74, 6) is -0.555. The number of carbonyl (C=O) groups excluding carboxylic acids is 1. The molecular formula is C9H8N4O3. The minimum absolute atomic E-state index is 0.0789. The van der Waals surface area contributed by atoms with E-state index in [1.54, 1.807) is 0 Å². The number of primary amides is 1. The van der Waals surface area contributed by atoms with Crippen LogP contribution in [0.5, 0.6) is 0 Å². The van der Waals surface area contributed by atoms with Crippen molar-refractivity contribution in [3.8, 4) is 0 Å². The SMILES string of the molecule is NC(=O)c1c(N)[nH]c2cc([N+](=O)[O-])ccc12. The van der Waals surface area contributed by atoms with Crippen LogP contribution < -0.4 is 11.5 Å². The zero-order chi connectivity index (χ0) is 11.9. The summed E-state index contributed by atoms with van der Waals surface area (Å²) >= 11 is 0. The molecule has 0 unspecified atom stereocenters. The molecule has 0 fully saturated rings. The number of amides is 1. The number of H-pyrrole nitrogens is 1. The lowest BCUT2D eigenvalue weighted by Crippen LogP contribution is -2.12. The van der Waals surface area contributed by atoms with Gasteiger partial charge in [-0.1, -0.05) is 0 Å². The van der Waals surface area contributed by atoms with Crippen molar-refractivity contribution in [2.75, 3.05) is 5.73 Å². The van der Waals surface area contributed by atoms with E-state index in [1.807, 2.05) is 0 Å². The van der Waals surface area contributed by atoms with E-state index in [0.717, 1.165) is 0 Å². The topological polar surface area (TPSA) is 128 Å². The number of hydrogen-bond acceptors (Lipinski definition) is 4. The molecule has 1 aromatic carbocycles. The lowest BCUT2D eigenvalue weighted by Gasteiger charge is -1.94. The van der Waals surface area contributed by atoms with Crippen LogP contribution >= 0.6 is 0 Å². The number of aromatic nitrogens is 1. The standard InChI is InChI=1S/C9H8N4O3/c10-8-7(9(11)14)5-2-1-4(13(15)16)3-6(5)12-8/h1-3,12H,10H2,(H2,11,14). The molecule has 1 aromatic heterocycles. The number of nitrogens with one attached hydrogen (secondary N) is 1. The molecule has 7 heteroatoms. The van der Waals surface area contributed by atoms with Gasteiger partial charge in [0.2, 0.25) is 0 Å². The summed E-state index contributed by atoms with van der Waals surface area (Å²) in [5, 5.41) is 11.0. The first kappa shape index (κ1) is 9.97. The highest BCUT2D eigenvalue weighted by Gasteiger charge is 2.16. The Morgan fingerprint density at radius 1 is 1.44 bits per heavy atom. The minimum Gasteiger partial charge on any atom is -0.385 e. The van der Waals surface area contributed by atoms with Crippen LogP contribution in [0.4, 0.5) is 11.5 Å². The van der Waals surface area contributed by atoms with Crippen molar-refractivity contribution in [3.05, 3.63) is 33.9 Å². The predicted molar refractivity (Wildman–Crippen MR) is 57.9 cm³/mol. The van der Waals surface area contributed by atoms with Crippen LogP contribution in [0.2, 0.25) is 0 Å². The van der Waals surface area contributed by atoms with Crippen LogP contribution in [-0.4, -0.2) is 15.8 Å². The van der Waals surface area contributed by atoms with Gasteiger partial charge in [0.05, 0.1) is 16.0 Å². The number of non-ortho nitro benzene ring substituents is 1. The number of nitrogens with zero attached hydrogens (tertiary/aromatic N) is 1. The van der Waals surface area contributed by atoms with Gasteiger partial charge in [0.15, 0.2) is 0 Å². The molecule has 0 radical (unpaired) electrons. The normalized spacial score (nSPS) is 10.5. The van der Waals surface area contributed by atoms with Crippen molar-refractivity contribution in [2.24, 2.45) is 5.73 Å². The fourth-order valence-electron chi connectivity index (χ4n) is 1.59.